The molecule has 0 aliphatic rings. The molecule has 0 aromatic carbocycles. The quantitative estimate of drug-likeness (QED) is 0.936. The molecule has 0 unspecified atom stereocenters. The Bertz CT molecular complexity index is 592. The first-order valence-corrected chi connectivity index (χ1v) is 7.33. The van der Waals surface area contributed by atoms with Crippen LogP contribution in [0.4, 0.5) is 0 Å². The summed E-state index contributed by atoms with van der Waals surface area (Å²) >= 11 is 6.78. The van der Waals surface area contributed by atoms with Crippen LogP contribution in [0.25, 0.3) is 0 Å². The van der Waals surface area contributed by atoms with E-state index in [-0.39, 0.29) is 10.8 Å². The molecule has 0 aliphatic heterocycles. The number of hydrogen-bond donors (Lipinski definition) is 1. The highest BCUT2D eigenvalue weighted by molar-refractivity contribution is 7.91. The van der Waals surface area contributed by atoms with Crippen LogP contribution in [0.1, 0.15) is 5.56 Å². The minimum absolute atomic E-state index is 0.244. The number of rotatable bonds is 4. The van der Waals surface area contributed by atoms with Gasteiger partial charge in [0, 0.05) is 25.4 Å². The molecular weight excluding hydrogens is 282 g/mol. The third-order valence-electron chi connectivity index (χ3n) is 2.17. The molecule has 0 saturated carbocycles. The molecule has 17 heavy (non-hydrogen) atoms. The molecule has 1 N–H and O–H groups in total. The topological polar surface area (TPSA) is 66.1 Å². The summed E-state index contributed by atoms with van der Waals surface area (Å²) in [7, 11) is -1.94. The second-order valence-corrected chi connectivity index (χ2v) is 7.41. The van der Waals surface area contributed by atoms with Crippen LogP contribution in [0.5, 0.6) is 0 Å². The van der Waals surface area contributed by atoms with Crippen molar-refractivity contribution < 1.29 is 8.42 Å². The first-order valence-electron chi connectivity index (χ1n) is 4.69. The maximum Gasteiger partial charge on any atom is 0.252 e. The van der Waals surface area contributed by atoms with Crippen LogP contribution in [0.2, 0.25) is 4.34 Å². The summed E-state index contributed by atoms with van der Waals surface area (Å²) in [6.45, 7) is 0.272. The summed E-state index contributed by atoms with van der Waals surface area (Å²) in [5.41, 5.74) is 0.804. The average molecular weight is 292 g/mol. The number of H-pyrrole nitrogens is 1. The number of nitrogens with one attached hydrogen (secondary N) is 1. The van der Waals surface area contributed by atoms with Crippen molar-refractivity contribution in [3.8, 4) is 0 Å². The van der Waals surface area contributed by atoms with Gasteiger partial charge in [-0.2, -0.15) is 9.40 Å². The lowest BCUT2D eigenvalue weighted by Crippen LogP contribution is -2.25. The molecule has 0 spiro atoms. The number of aromatic amines is 1. The Kier molecular flexibility index (Phi) is 3.53. The first-order chi connectivity index (χ1) is 8.00. The van der Waals surface area contributed by atoms with Gasteiger partial charge in [0.15, 0.2) is 0 Å². The zero-order valence-electron chi connectivity index (χ0n) is 8.92. The predicted octanol–water partition coefficient (Wildman–Crippen LogP) is 1.95. The van der Waals surface area contributed by atoms with Gasteiger partial charge >= 0.3 is 0 Å². The Morgan fingerprint density at radius 2 is 2.29 bits per heavy atom. The Labute approximate surface area is 108 Å². The van der Waals surface area contributed by atoms with Gasteiger partial charge in [-0.25, -0.2) is 8.42 Å². The molecule has 5 nitrogen and oxygen atoms in total. The van der Waals surface area contributed by atoms with Gasteiger partial charge in [-0.1, -0.05) is 11.6 Å². The van der Waals surface area contributed by atoms with E-state index in [9.17, 15) is 8.42 Å². The molecule has 2 heterocycles. The highest BCUT2D eigenvalue weighted by Crippen LogP contribution is 2.28. The van der Waals surface area contributed by atoms with E-state index in [1.807, 2.05) is 0 Å². The van der Waals surface area contributed by atoms with E-state index < -0.39 is 10.0 Å². The van der Waals surface area contributed by atoms with Gasteiger partial charge in [-0.3, -0.25) is 5.10 Å². The van der Waals surface area contributed by atoms with Crippen molar-refractivity contribution in [2.24, 2.45) is 0 Å². The lowest BCUT2D eigenvalue weighted by molar-refractivity contribution is 0.468. The molecule has 2 aromatic heterocycles. The molecule has 92 valence electrons. The lowest BCUT2D eigenvalue weighted by Gasteiger charge is -2.14. The fourth-order valence-electron chi connectivity index (χ4n) is 1.30. The van der Waals surface area contributed by atoms with Crippen LogP contribution in [0.15, 0.2) is 28.7 Å². The molecule has 0 bridgehead atoms. The van der Waals surface area contributed by atoms with E-state index in [2.05, 4.69) is 10.2 Å². The zero-order valence-corrected chi connectivity index (χ0v) is 11.3. The molecule has 0 fully saturated rings. The Morgan fingerprint density at radius 1 is 1.53 bits per heavy atom. The summed E-state index contributed by atoms with van der Waals surface area (Å²) in [4.78, 5) is 0. The van der Waals surface area contributed by atoms with Gasteiger partial charge in [0.1, 0.15) is 4.21 Å². The number of hydrogen-bond acceptors (Lipinski definition) is 4. The Hall–Kier alpha value is -0.890. The van der Waals surface area contributed by atoms with Crippen LogP contribution >= 0.6 is 22.9 Å². The molecule has 0 aliphatic carbocycles. The van der Waals surface area contributed by atoms with Crippen LogP contribution in [0, 0.1) is 0 Å². The van der Waals surface area contributed by atoms with Gasteiger partial charge in [0.05, 0.1) is 10.5 Å². The van der Waals surface area contributed by atoms with Gasteiger partial charge in [0.2, 0.25) is 0 Å². The second kappa shape index (κ2) is 4.77. The molecule has 0 saturated heterocycles. The zero-order chi connectivity index (χ0) is 12.5. The largest absolute Gasteiger partial charge is 0.285 e. The van der Waals surface area contributed by atoms with Gasteiger partial charge in [-0.05, 0) is 12.1 Å². The fourth-order valence-corrected chi connectivity index (χ4v) is 4.15. The SMILES string of the molecule is CN(Cc1cn[nH]c1)S(=O)(=O)c1ccc(Cl)s1. The van der Waals surface area contributed by atoms with Crippen molar-refractivity contribution in [3.05, 3.63) is 34.4 Å². The molecule has 8 heteroatoms. The second-order valence-electron chi connectivity index (χ2n) is 3.43. The van der Waals surface area contributed by atoms with Crippen molar-refractivity contribution in [3.63, 3.8) is 0 Å². The number of aromatic nitrogens is 2. The average Bonchev–Trinajstić information content (AvgIpc) is 2.89. The third kappa shape index (κ3) is 2.68. The first kappa shape index (κ1) is 12.6. The van der Waals surface area contributed by atoms with Crippen LogP contribution < -0.4 is 0 Å². The Balaban J connectivity index is 2.21. The van der Waals surface area contributed by atoms with Crippen LogP contribution in [0.3, 0.4) is 0 Å². The molecule has 2 rings (SSSR count). The summed E-state index contributed by atoms with van der Waals surface area (Å²) in [6, 6.07) is 3.08. The van der Waals surface area contributed by atoms with Crippen molar-refractivity contribution in [1.82, 2.24) is 14.5 Å². The van der Waals surface area contributed by atoms with E-state index in [0.717, 1.165) is 16.9 Å². The molecule has 0 radical (unpaired) electrons. The van der Waals surface area contributed by atoms with E-state index in [0.29, 0.717) is 4.34 Å². The van der Waals surface area contributed by atoms with E-state index in [4.69, 9.17) is 11.6 Å². The molecule has 0 atom stereocenters. The Morgan fingerprint density at radius 3 is 2.82 bits per heavy atom. The number of sulfonamides is 1. The van der Waals surface area contributed by atoms with E-state index >= 15 is 0 Å². The highest BCUT2D eigenvalue weighted by atomic mass is 35.5. The number of nitrogens with zero attached hydrogens (tertiary/aromatic N) is 2. The van der Waals surface area contributed by atoms with Gasteiger partial charge < -0.3 is 0 Å². The van der Waals surface area contributed by atoms with Gasteiger partial charge in [0.25, 0.3) is 10.0 Å². The van der Waals surface area contributed by atoms with Crippen molar-refractivity contribution >= 4 is 33.0 Å². The van der Waals surface area contributed by atoms with E-state index in [1.54, 1.807) is 18.5 Å². The summed E-state index contributed by atoms with van der Waals surface area (Å²) in [6.07, 6.45) is 3.25. The number of thiophene rings is 1. The summed E-state index contributed by atoms with van der Waals surface area (Å²) in [5.74, 6) is 0. The van der Waals surface area contributed by atoms with E-state index in [1.165, 1.54) is 17.4 Å². The highest BCUT2D eigenvalue weighted by Gasteiger charge is 2.22. The smallest absolute Gasteiger partial charge is 0.252 e. The molecule has 2 aromatic rings. The number of halogens is 1. The minimum atomic E-state index is -3.47. The fraction of sp³-hybridized carbons (Fsp3) is 0.222. The minimum Gasteiger partial charge on any atom is -0.285 e. The monoisotopic (exact) mass is 291 g/mol. The van der Waals surface area contributed by atoms with Crippen molar-refractivity contribution in [1.29, 1.82) is 0 Å². The molecule has 0 amide bonds. The predicted molar refractivity (Wildman–Crippen MR) is 66.6 cm³/mol. The van der Waals surface area contributed by atoms with Crippen molar-refractivity contribution in [2.45, 2.75) is 10.8 Å². The third-order valence-corrected chi connectivity index (χ3v) is 5.68. The lowest BCUT2D eigenvalue weighted by atomic mass is 10.4. The van der Waals surface area contributed by atoms with Crippen molar-refractivity contribution in [2.75, 3.05) is 7.05 Å². The maximum absolute atomic E-state index is 12.1. The molecular formula is C9H10ClN3O2S2. The van der Waals surface area contributed by atoms with Crippen LogP contribution in [-0.2, 0) is 16.6 Å². The summed E-state index contributed by atoms with van der Waals surface area (Å²) in [5, 5.41) is 6.41. The summed E-state index contributed by atoms with van der Waals surface area (Å²) < 4.78 is 26.2. The standard InChI is InChI=1S/C9H10ClN3O2S2/c1-13(6-7-4-11-12-5-7)17(14,15)9-3-2-8(10)16-9/h2-5H,6H2,1H3,(H,11,12). The normalized spacial score (nSPS) is 12.2. The maximum atomic E-state index is 12.1. The van der Waals surface area contributed by atoms with Crippen LogP contribution in [-0.4, -0.2) is 30.0 Å². The van der Waals surface area contributed by atoms with Gasteiger partial charge in [-0.15, -0.1) is 11.3 Å².